The van der Waals surface area contributed by atoms with E-state index in [-0.39, 0.29) is 5.41 Å². The quantitative estimate of drug-likeness (QED) is 0.127. The van der Waals surface area contributed by atoms with Crippen LogP contribution in [0.1, 0.15) is 41.9 Å². The Kier molecular flexibility index (Phi) is 7.86. The van der Waals surface area contributed by atoms with E-state index in [9.17, 15) is 0 Å². The molecular weight excluding hydrogens is 679 g/mol. The average Bonchev–Trinajstić information content (AvgIpc) is 3.48. The molecule has 3 heteroatoms. The third kappa shape index (κ3) is 5.63. The van der Waals surface area contributed by atoms with Gasteiger partial charge in [-0.3, -0.25) is 0 Å². The van der Waals surface area contributed by atoms with E-state index in [2.05, 4.69) is 191 Å². The van der Waals surface area contributed by atoms with Crippen molar-refractivity contribution in [1.82, 2.24) is 15.0 Å². The SMILES string of the molecule is C=C(/C=C\c1ccc2ccccc2c1C)c1nc(-c2ccc(-c3ccc4c(c3)-c3ccccc3C4(C)C)cc2)nc(-c2ccc3ccc4ccccc4c3c2)n1. The van der Waals surface area contributed by atoms with Gasteiger partial charge in [0, 0.05) is 22.1 Å². The van der Waals surface area contributed by atoms with E-state index >= 15 is 0 Å². The first-order chi connectivity index (χ1) is 27.3. The lowest BCUT2D eigenvalue weighted by molar-refractivity contribution is 0.660. The van der Waals surface area contributed by atoms with Gasteiger partial charge in [0.15, 0.2) is 17.5 Å². The van der Waals surface area contributed by atoms with Crippen molar-refractivity contribution < 1.29 is 0 Å². The molecule has 0 spiro atoms. The zero-order chi connectivity index (χ0) is 38.0. The van der Waals surface area contributed by atoms with E-state index < -0.39 is 0 Å². The number of aromatic nitrogens is 3. The van der Waals surface area contributed by atoms with Crippen molar-refractivity contribution in [2.75, 3.05) is 0 Å². The minimum Gasteiger partial charge on any atom is -0.208 e. The second kappa shape index (κ2) is 13.1. The number of allylic oxidation sites excluding steroid dienone is 2. The number of rotatable bonds is 6. The van der Waals surface area contributed by atoms with Crippen LogP contribution in [-0.4, -0.2) is 15.0 Å². The molecule has 0 bridgehead atoms. The van der Waals surface area contributed by atoms with Crippen molar-refractivity contribution in [1.29, 1.82) is 0 Å². The molecule has 9 aromatic rings. The van der Waals surface area contributed by atoms with Gasteiger partial charge in [-0.1, -0.05) is 178 Å². The predicted molar refractivity (Wildman–Crippen MR) is 235 cm³/mol. The van der Waals surface area contributed by atoms with E-state index in [1.807, 2.05) is 6.08 Å². The van der Waals surface area contributed by atoms with Crippen molar-refractivity contribution in [3.63, 3.8) is 0 Å². The molecule has 0 unspecified atom stereocenters. The Morgan fingerprint density at radius 2 is 1.07 bits per heavy atom. The maximum atomic E-state index is 5.11. The van der Waals surface area contributed by atoms with E-state index in [0.29, 0.717) is 23.0 Å². The van der Waals surface area contributed by atoms with Gasteiger partial charge in [0.2, 0.25) is 0 Å². The maximum absolute atomic E-state index is 5.11. The van der Waals surface area contributed by atoms with Gasteiger partial charge in [-0.2, -0.15) is 0 Å². The van der Waals surface area contributed by atoms with E-state index in [4.69, 9.17) is 15.0 Å². The van der Waals surface area contributed by atoms with Gasteiger partial charge in [0.1, 0.15) is 0 Å². The Balaban J connectivity index is 1.05. The molecule has 1 aliphatic carbocycles. The van der Waals surface area contributed by atoms with Crippen molar-refractivity contribution >= 4 is 44.0 Å². The van der Waals surface area contributed by atoms with E-state index in [0.717, 1.165) is 22.3 Å². The number of hydrogen-bond acceptors (Lipinski definition) is 3. The standard InChI is InChI=1S/C53H39N3/c1-33(17-18-35-19-22-37-11-5-7-13-43(37)34(35)2)50-54-51(56-52(55-50)42-28-25-39-24-23-38-12-6-8-14-44(38)46(39)32-42)40-26-20-36(21-27-40)41-29-30-49-47(31-41)45-15-9-10-16-48(45)53(49,3)4/h5-32H,1H2,2-4H3/b18-17-. The Morgan fingerprint density at radius 3 is 1.88 bits per heavy atom. The lowest BCUT2D eigenvalue weighted by Gasteiger charge is -2.21. The van der Waals surface area contributed by atoms with Crippen LogP contribution < -0.4 is 0 Å². The van der Waals surface area contributed by atoms with Crippen molar-refractivity contribution in [3.05, 3.63) is 198 Å². The first-order valence-electron chi connectivity index (χ1n) is 19.2. The third-order valence-electron chi connectivity index (χ3n) is 11.7. The Morgan fingerprint density at radius 1 is 0.500 bits per heavy atom. The lowest BCUT2D eigenvalue weighted by Crippen LogP contribution is -2.14. The molecule has 8 aromatic carbocycles. The van der Waals surface area contributed by atoms with Gasteiger partial charge in [-0.25, -0.2) is 15.0 Å². The third-order valence-corrected chi connectivity index (χ3v) is 11.7. The molecule has 0 radical (unpaired) electrons. The number of nitrogens with zero attached hydrogens (tertiary/aromatic N) is 3. The van der Waals surface area contributed by atoms with Crippen LogP contribution in [0.4, 0.5) is 0 Å². The zero-order valence-electron chi connectivity index (χ0n) is 31.7. The molecule has 0 N–H and O–H groups in total. The molecule has 1 aromatic heterocycles. The number of hydrogen-bond donors (Lipinski definition) is 0. The fraction of sp³-hybridized carbons (Fsp3) is 0.0755. The summed E-state index contributed by atoms with van der Waals surface area (Å²) in [6.45, 7) is 11.3. The normalized spacial score (nSPS) is 13.1. The summed E-state index contributed by atoms with van der Waals surface area (Å²) in [5, 5.41) is 7.22. The Bertz CT molecular complexity index is 3080. The molecule has 0 aliphatic heterocycles. The average molecular weight is 718 g/mol. The second-order valence-electron chi connectivity index (χ2n) is 15.4. The van der Waals surface area contributed by atoms with Crippen LogP contribution in [0.5, 0.6) is 0 Å². The van der Waals surface area contributed by atoms with Crippen LogP contribution in [0, 0.1) is 6.92 Å². The molecule has 0 saturated heterocycles. The number of benzene rings is 8. The summed E-state index contributed by atoms with van der Waals surface area (Å²) in [5.74, 6) is 1.76. The van der Waals surface area contributed by atoms with Crippen LogP contribution in [0.3, 0.4) is 0 Å². The molecule has 3 nitrogen and oxygen atoms in total. The fourth-order valence-electron chi connectivity index (χ4n) is 8.52. The summed E-state index contributed by atoms with van der Waals surface area (Å²) >= 11 is 0. The molecule has 1 aliphatic rings. The maximum Gasteiger partial charge on any atom is 0.164 e. The van der Waals surface area contributed by atoms with Crippen LogP contribution in [0.15, 0.2) is 170 Å². The molecule has 0 fully saturated rings. The Labute approximate surface area is 327 Å². The van der Waals surface area contributed by atoms with Crippen molar-refractivity contribution in [2.45, 2.75) is 26.2 Å². The van der Waals surface area contributed by atoms with Crippen molar-refractivity contribution in [3.8, 4) is 45.0 Å². The van der Waals surface area contributed by atoms with Gasteiger partial charge >= 0.3 is 0 Å². The van der Waals surface area contributed by atoms with Gasteiger partial charge in [0.05, 0.1) is 0 Å². The highest BCUT2D eigenvalue weighted by Gasteiger charge is 2.35. The molecule has 266 valence electrons. The Hall–Kier alpha value is -6.97. The predicted octanol–water partition coefficient (Wildman–Crippen LogP) is 13.7. The minimum atomic E-state index is -0.0198. The molecule has 56 heavy (non-hydrogen) atoms. The van der Waals surface area contributed by atoms with Gasteiger partial charge in [-0.15, -0.1) is 0 Å². The lowest BCUT2D eigenvalue weighted by atomic mass is 9.82. The number of aryl methyl sites for hydroxylation is 1. The first-order valence-corrected chi connectivity index (χ1v) is 19.2. The zero-order valence-corrected chi connectivity index (χ0v) is 31.7. The van der Waals surface area contributed by atoms with Gasteiger partial charge in [0.25, 0.3) is 0 Å². The van der Waals surface area contributed by atoms with Crippen LogP contribution >= 0.6 is 0 Å². The highest BCUT2D eigenvalue weighted by Crippen LogP contribution is 2.49. The van der Waals surface area contributed by atoms with Crippen LogP contribution in [-0.2, 0) is 5.41 Å². The summed E-state index contributed by atoms with van der Waals surface area (Å²) < 4.78 is 0. The molecule has 0 amide bonds. The summed E-state index contributed by atoms with van der Waals surface area (Å²) in [7, 11) is 0. The minimum absolute atomic E-state index is 0.0198. The molecule has 0 atom stereocenters. The summed E-state index contributed by atoms with van der Waals surface area (Å²) in [6.07, 6.45) is 4.13. The largest absolute Gasteiger partial charge is 0.208 e. The van der Waals surface area contributed by atoms with Crippen LogP contribution in [0.25, 0.3) is 89.0 Å². The van der Waals surface area contributed by atoms with E-state index in [1.165, 1.54) is 65.7 Å². The second-order valence-corrected chi connectivity index (χ2v) is 15.4. The van der Waals surface area contributed by atoms with E-state index in [1.54, 1.807) is 0 Å². The highest BCUT2D eigenvalue weighted by atomic mass is 15.0. The number of fused-ring (bicyclic) bond motifs is 7. The molecule has 10 rings (SSSR count). The smallest absolute Gasteiger partial charge is 0.164 e. The molecule has 0 saturated carbocycles. The monoisotopic (exact) mass is 717 g/mol. The molecule has 1 heterocycles. The van der Waals surface area contributed by atoms with Gasteiger partial charge < -0.3 is 0 Å². The van der Waals surface area contributed by atoms with Gasteiger partial charge in [-0.05, 0) is 95.9 Å². The highest BCUT2D eigenvalue weighted by molar-refractivity contribution is 6.08. The first kappa shape index (κ1) is 33.6. The molecular formula is C53H39N3. The topological polar surface area (TPSA) is 38.7 Å². The van der Waals surface area contributed by atoms with Crippen LogP contribution in [0.2, 0.25) is 0 Å². The summed E-state index contributed by atoms with van der Waals surface area (Å²) in [6, 6.07) is 56.4. The summed E-state index contributed by atoms with van der Waals surface area (Å²) in [4.78, 5) is 15.2. The van der Waals surface area contributed by atoms with Crippen molar-refractivity contribution in [2.24, 2.45) is 0 Å². The fourth-order valence-corrected chi connectivity index (χ4v) is 8.52. The summed E-state index contributed by atoms with van der Waals surface area (Å²) in [5.41, 5.74) is 12.6.